The molecule has 2 rings (SSSR count). The minimum absolute atomic E-state index is 0.220. The number of nitrogens with one attached hydrogen (secondary N) is 1. The zero-order valence-corrected chi connectivity index (χ0v) is 10.7. The van der Waals surface area contributed by atoms with Crippen LogP contribution in [0, 0.1) is 6.92 Å². The van der Waals surface area contributed by atoms with Gasteiger partial charge in [-0.05, 0) is 46.5 Å². The highest BCUT2D eigenvalue weighted by Crippen LogP contribution is 2.17. The van der Waals surface area contributed by atoms with E-state index in [-0.39, 0.29) is 5.91 Å². The van der Waals surface area contributed by atoms with Gasteiger partial charge in [-0.3, -0.25) is 4.79 Å². The maximum absolute atomic E-state index is 11.7. The highest BCUT2D eigenvalue weighted by atomic mass is 79.9. The van der Waals surface area contributed by atoms with E-state index in [4.69, 9.17) is 0 Å². The molecule has 0 saturated heterocycles. The highest BCUT2D eigenvalue weighted by molar-refractivity contribution is 9.10. The fraction of sp³-hybridized carbons (Fsp3) is 0.111. The van der Waals surface area contributed by atoms with Crippen molar-refractivity contribution in [2.45, 2.75) is 6.92 Å². The van der Waals surface area contributed by atoms with Gasteiger partial charge in [-0.2, -0.15) is 0 Å². The lowest BCUT2D eigenvalue weighted by atomic mass is 10.3. The lowest BCUT2D eigenvalue weighted by Gasteiger charge is -2.05. The molecule has 0 aliphatic carbocycles. The molecule has 0 radical (unpaired) electrons. The van der Waals surface area contributed by atoms with Crippen molar-refractivity contribution < 1.29 is 4.79 Å². The largest absolute Gasteiger partial charge is 0.320 e. The van der Waals surface area contributed by atoms with Gasteiger partial charge in [0.05, 0.1) is 17.6 Å². The number of hydrogen-bond donors (Lipinski definition) is 1. The van der Waals surface area contributed by atoms with E-state index in [2.05, 4.69) is 35.8 Å². The van der Waals surface area contributed by atoms with Crippen LogP contribution >= 0.6 is 27.5 Å². The van der Waals surface area contributed by atoms with Gasteiger partial charge in [0.25, 0.3) is 5.91 Å². The Morgan fingerprint density at radius 3 is 2.94 bits per heavy atom. The molecule has 0 unspecified atom stereocenters. The van der Waals surface area contributed by atoms with Gasteiger partial charge in [0.2, 0.25) is 0 Å². The molecule has 5 nitrogen and oxygen atoms in total. The minimum atomic E-state index is -0.220. The fourth-order valence-corrected chi connectivity index (χ4v) is 1.92. The number of carbonyl (C=O) groups is 1. The van der Waals surface area contributed by atoms with E-state index in [1.165, 1.54) is 6.20 Å². The molecule has 1 N–H and O–H groups in total. The van der Waals surface area contributed by atoms with Crippen LogP contribution in [0.15, 0.2) is 22.9 Å². The fourth-order valence-electron chi connectivity index (χ4n) is 1.11. The Morgan fingerprint density at radius 2 is 2.31 bits per heavy atom. The smallest absolute Gasteiger partial charge is 0.269 e. The van der Waals surface area contributed by atoms with Crippen molar-refractivity contribution in [3.05, 3.63) is 33.5 Å². The van der Waals surface area contributed by atoms with Crippen LogP contribution in [-0.4, -0.2) is 20.5 Å². The quantitative estimate of drug-likeness (QED) is 0.864. The SMILES string of the molecule is Cc1nc(Br)ccc1NC(=O)c1cnns1. The number of hydrogen-bond acceptors (Lipinski definition) is 5. The van der Waals surface area contributed by atoms with Gasteiger partial charge in [-0.15, -0.1) is 5.10 Å². The molecule has 0 fully saturated rings. The van der Waals surface area contributed by atoms with Gasteiger partial charge >= 0.3 is 0 Å². The summed E-state index contributed by atoms with van der Waals surface area (Å²) in [7, 11) is 0. The van der Waals surface area contributed by atoms with Gasteiger partial charge in [0, 0.05) is 0 Å². The Kier molecular flexibility index (Phi) is 3.25. The molecule has 0 saturated carbocycles. The Bertz CT molecular complexity index is 514. The number of rotatable bonds is 2. The topological polar surface area (TPSA) is 67.8 Å². The number of nitrogens with zero attached hydrogens (tertiary/aromatic N) is 3. The minimum Gasteiger partial charge on any atom is -0.320 e. The Labute approximate surface area is 104 Å². The molecule has 0 aliphatic rings. The number of halogens is 1. The first-order valence-electron chi connectivity index (χ1n) is 4.38. The number of pyridine rings is 1. The van der Waals surface area contributed by atoms with Crippen LogP contribution in [0.3, 0.4) is 0 Å². The molecule has 1 amide bonds. The Balaban J connectivity index is 2.18. The second-order valence-electron chi connectivity index (χ2n) is 3.00. The van der Waals surface area contributed by atoms with Gasteiger partial charge in [-0.1, -0.05) is 4.49 Å². The summed E-state index contributed by atoms with van der Waals surface area (Å²) in [5.41, 5.74) is 1.43. The molecule has 16 heavy (non-hydrogen) atoms. The van der Waals surface area contributed by atoms with E-state index < -0.39 is 0 Å². The van der Waals surface area contributed by atoms with Gasteiger partial charge in [0.1, 0.15) is 9.48 Å². The molecule has 82 valence electrons. The van der Waals surface area contributed by atoms with Crippen molar-refractivity contribution in [2.24, 2.45) is 0 Å². The molecular formula is C9H7BrN4OS. The third kappa shape index (κ3) is 2.42. The number of amides is 1. The van der Waals surface area contributed by atoms with Crippen LogP contribution in [-0.2, 0) is 0 Å². The summed E-state index contributed by atoms with van der Waals surface area (Å²) in [6.07, 6.45) is 1.43. The van der Waals surface area contributed by atoms with E-state index in [1.807, 2.05) is 6.92 Å². The molecule has 0 atom stereocenters. The number of anilines is 1. The summed E-state index contributed by atoms with van der Waals surface area (Å²) >= 11 is 4.32. The normalized spacial score (nSPS) is 10.1. The molecule has 2 heterocycles. The zero-order valence-electron chi connectivity index (χ0n) is 8.27. The maximum atomic E-state index is 11.7. The highest BCUT2D eigenvalue weighted by Gasteiger charge is 2.10. The molecule has 2 aromatic heterocycles. The van der Waals surface area contributed by atoms with Crippen molar-refractivity contribution in [3.8, 4) is 0 Å². The molecule has 0 aromatic carbocycles. The maximum Gasteiger partial charge on any atom is 0.269 e. The number of aryl methyl sites for hydroxylation is 1. The lowest BCUT2D eigenvalue weighted by molar-refractivity contribution is 0.103. The van der Waals surface area contributed by atoms with Crippen LogP contribution in [0.1, 0.15) is 15.4 Å². The molecule has 7 heteroatoms. The van der Waals surface area contributed by atoms with Crippen LogP contribution in [0.2, 0.25) is 0 Å². The Hall–Kier alpha value is -1.34. The van der Waals surface area contributed by atoms with E-state index in [9.17, 15) is 4.79 Å². The average molecular weight is 299 g/mol. The molecule has 0 bridgehead atoms. The summed E-state index contributed by atoms with van der Waals surface area (Å²) < 4.78 is 4.37. The predicted molar refractivity (Wildman–Crippen MR) is 64.5 cm³/mol. The van der Waals surface area contributed by atoms with E-state index in [0.717, 1.165) is 21.8 Å². The zero-order chi connectivity index (χ0) is 11.5. The second-order valence-corrected chi connectivity index (χ2v) is 4.60. The van der Waals surface area contributed by atoms with Gasteiger partial charge < -0.3 is 5.32 Å². The number of carbonyl (C=O) groups excluding carboxylic acids is 1. The van der Waals surface area contributed by atoms with Gasteiger partial charge in [0.15, 0.2) is 0 Å². The summed E-state index contributed by atoms with van der Waals surface area (Å²) in [6, 6.07) is 3.56. The van der Waals surface area contributed by atoms with Crippen LogP contribution in [0.4, 0.5) is 5.69 Å². The summed E-state index contributed by atoms with van der Waals surface area (Å²) in [5, 5.41) is 6.35. The summed E-state index contributed by atoms with van der Waals surface area (Å²) in [6.45, 7) is 1.82. The first kappa shape index (κ1) is 11.2. The average Bonchev–Trinajstić information content (AvgIpc) is 2.75. The first-order valence-corrected chi connectivity index (χ1v) is 5.95. The molecular weight excluding hydrogens is 292 g/mol. The van der Waals surface area contributed by atoms with Crippen molar-refractivity contribution in [3.63, 3.8) is 0 Å². The third-order valence-electron chi connectivity index (χ3n) is 1.89. The summed E-state index contributed by atoms with van der Waals surface area (Å²) in [4.78, 5) is 16.3. The van der Waals surface area contributed by atoms with E-state index in [0.29, 0.717) is 10.6 Å². The third-order valence-corrected chi connectivity index (χ3v) is 2.99. The van der Waals surface area contributed by atoms with Gasteiger partial charge in [-0.25, -0.2) is 4.98 Å². The molecule has 0 aliphatic heterocycles. The Morgan fingerprint density at radius 1 is 1.50 bits per heavy atom. The van der Waals surface area contributed by atoms with Crippen molar-refractivity contribution in [2.75, 3.05) is 5.32 Å². The summed E-state index contributed by atoms with van der Waals surface area (Å²) in [5.74, 6) is -0.220. The van der Waals surface area contributed by atoms with E-state index in [1.54, 1.807) is 12.1 Å². The lowest BCUT2D eigenvalue weighted by Crippen LogP contribution is -2.11. The number of aromatic nitrogens is 3. The van der Waals surface area contributed by atoms with Crippen molar-refractivity contribution in [1.82, 2.24) is 14.6 Å². The van der Waals surface area contributed by atoms with Crippen LogP contribution in [0.25, 0.3) is 0 Å². The molecule has 2 aromatic rings. The first-order chi connectivity index (χ1) is 7.66. The monoisotopic (exact) mass is 298 g/mol. The van der Waals surface area contributed by atoms with Crippen molar-refractivity contribution in [1.29, 1.82) is 0 Å². The van der Waals surface area contributed by atoms with E-state index >= 15 is 0 Å². The van der Waals surface area contributed by atoms with Crippen molar-refractivity contribution >= 4 is 39.1 Å². The van der Waals surface area contributed by atoms with Crippen LogP contribution < -0.4 is 5.32 Å². The predicted octanol–water partition coefficient (Wildman–Crippen LogP) is 2.26. The van der Waals surface area contributed by atoms with Crippen LogP contribution in [0.5, 0.6) is 0 Å². The second kappa shape index (κ2) is 4.67. The molecule has 0 spiro atoms. The standard InChI is InChI=1S/C9H7BrN4OS/c1-5-6(2-3-8(10)12-5)13-9(15)7-4-11-14-16-7/h2-4H,1H3,(H,13,15).